The summed E-state index contributed by atoms with van der Waals surface area (Å²) in [5, 5.41) is 3.66. The summed E-state index contributed by atoms with van der Waals surface area (Å²) in [5.41, 5.74) is 0.0231. The molecule has 1 fully saturated rings. The van der Waals surface area contributed by atoms with Crippen LogP contribution in [0.3, 0.4) is 0 Å². The number of fused-ring (bicyclic) bond motifs is 1. The third-order valence-electron chi connectivity index (χ3n) is 4.33. The average Bonchev–Trinajstić information content (AvgIpc) is 2.61. The van der Waals surface area contributed by atoms with E-state index in [0.717, 1.165) is 23.6 Å². The first-order chi connectivity index (χ1) is 12.1. The van der Waals surface area contributed by atoms with Gasteiger partial charge in [0.25, 0.3) is 5.91 Å². The van der Waals surface area contributed by atoms with Crippen LogP contribution in [0, 0.1) is 12.3 Å². The van der Waals surface area contributed by atoms with E-state index >= 15 is 0 Å². The van der Waals surface area contributed by atoms with Crippen molar-refractivity contribution in [2.45, 2.75) is 30.2 Å². The number of hydrogen-bond acceptors (Lipinski definition) is 5. The first-order valence-electron chi connectivity index (χ1n) is 7.93. The number of nitrogens with one attached hydrogen (secondary N) is 1. The van der Waals surface area contributed by atoms with Gasteiger partial charge in [-0.3, -0.25) is 9.78 Å². The minimum absolute atomic E-state index is 0.296. The van der Waals surface area contributed by atoms with Crippen LogP contribution in [0.1, 0.15) is 24.8 Å². The molecule has 0 radical (unpaired) electrons. The summed E-state index contributed by atoms with van der Waals surface area (Å²) in [4.78, 5) is 28.0. The number of aldehydes is 1. The molecule has 1 saturated carbocycles. The summed E-state index contributed by atoms with van der Waals surface area (Å²) in [5.74, 6) is 2.80. The molecule has 25 heavy (non-hydrogen) atoms. The first-order valence-corrected chi connectivity index (χ1v) is 9.22. The summed E-state index contributed by atoms with van der Waals surface area (Å²) >= 11 is 1.27. The number of amides is 1. The highest BCUT2D eigenvalue weighted by Crippen LogP contribution is 2.30. The lowest BCUT2D eigenvalue weighted by atomic mass is 9.78. The maximum atomic E-state index is 12.5. The van der Waals surface area contributed by atoms with Crippen molar-refractivity contribution in [3.8, 4) is 18.1 Å². The summed E-state index contributed by atoms with van der Waals surface area (Å²) in [6.07, 6.45) is 12.0. The molecule has 0 spiro atoms. The summed E-state index contributed by atoms with van der Waals surface area (Å²) in [7, 11) is 0. The highest BCUT2D eigenvalue weighted by atomic mass is 32.2. The molecule has 0 saturated heterocycles. The second-order valence-electron chi connectivity index (χ2n) is 6.03. The van der Waals surface area contributed by atoms with E-state index in [1.165, 1.54) is 11.8 Å². The van der Waals surface area contributed by atoms with Crippen LogP contribution in [0.4, 0.5) is 0 Å². The van der Waals surface area contributed by atoms with Crippen molar-refractivity contribution >= 4 is 34.9 Å². The number of rotatable bonds is 6. The molecule has 5 nitrogen and oxygen atoms in total. The van der Waals surface area contributed by atoms with E-state index in [0.29, 0.717) is 24.2 Å². The van der Waals surface area contributed by atoms with Crippen LogP contribution in [0.25, 0.3) is 10.9 Å². The Hall–Kier alpha value is -2.52. The fourth-order valence-corrected chi connectivity index (χ4v) is 3.21. The molecule has 1 amide bonds. The zero-order valence-corrected chi connectivity index (χ0v) is 14.6. The molecule has 1 unspecified atom stereocenters. The van der Waals surface area contributed by atoms with Gasteiger partial charge >= 0.3 is 0 Å². The van der Waals surface area contributed by atoms with Gasteiger partial charge in [-0.25, -0.2) is 0 Å². The molecule has 1 aliphatic carbocycles. The van der Waals surface area contributed by atoms with E-state index in [2.05, 4.69) is 16.2 Å². The number of carbonyl (C=O) groups is 2. The molecule has 128 valence electrons. The second-order valence-corrected chi connectivity index (χ2v) is 6.92. The van der Waals surface area contributed by atoms with E-state index in [-0.39, 0.29) is 5.91 Å². The van der Waals surface area contributed by atoms with Crippen LogP contribution in [-0.4, -0.2) is 34.4 Å². The molecule has 1 aromatic heterocycles. The van der Waals surface area contributed by atoms with Crippen molar-refractivity contribution in [1.29, 1.82) is 0 Å². The van der Waals surface area contributed by atoms with E-state index in [1.807, 2.05) is 12.1 Å². The Bertz CT molecular complexity index is 855. The number of nitrogens with zero attached hydrogens (tertiary/aromatic N) is 1. The molecular weight excluding hydrogens is 336 g/mol. The van der Waals surface area contributed by atoms with E-state index in [1.54, 1.807) is 24.6 Å². The van der Waals surface area contributed by atoms with Gasteiger partial charge in [-0.2, -0.15) is 0 Å². The van der Waals surface area contributed by atoms with Crippen LogP contribution in [0.2, 0.25) is 0 Å². The quantitative estimate of drug-likeness (QED) is 0.490. The molecule has 2 aromatic rings. The molecule has 1 aliphatic rings. The standard InChI is InChI=1S/C19H18N2O3S/c1-3-13-9-14-10-15(5-6-16(14)20-11-13)24-18(25-2)17(23)21-19(12-22)7-4-8-19/h1,5-6,9-12,18H,4,7-8H2,2H3,(H,21,23). The number of pyridine rings is 1. The smallest absolute Gasteiger partial charge is 0.272 e. The Morgan fingerprint density at radius 2 is 2.28 bits per heavy atom. The molecule has 0 bridgehead atoms. The largest absolute Gasteiger partial charge is 0.470 e. The summed E-state index contributed by atoms with van der Waals surface area (Å²) in [6.45, 7) is 0. The lowest BCUT2D eigenvalue weighted by molar-refractivity contribution is -0.131. The maximum Gasteiger partial charge on any atom is 0.272 e. The average molecular weight is 354 g/mol. The zero-order valence-electron chi connectivity index (χ0n) is 13.8. The molecular formula is C19H18N2O3S. The number of aromatic nitrogens is 1. The Balaban J connectivity index is 1.76. The van der Waals surface area contributed by atoms with E-state index < -0.39 is 11.0 Å². The van der Waals surface area contributed by atoms with Gasteiger partial charge in [0.1, 0.15) is 12.0 Å². The normalized spacial score (nSPS) is 16.3. The van der Waals surface area contributed by atoms with Crippen molar-refractivity contribution in [3.63, 3.8) is 0 Å². The number of terminal acetylenes is 1. The molecule has 1 N–H and O–H groups in total. The number of carbonyl (C=O) groups excluding carboxylic acids is 2. The van der Waals surface area contributed by atoms with E-state index in [9.17, 15) is 9.59 Å². The lowest BCUT2D eigenvalue weighted by Gasteiger charge is -2.38. The Morgan fingerprint density at radius 3 is 2.88 bits per heavy atom. The second kappa shape index (κ2) is 7.16. The van der Waals surface area contributed by atoms with Gasteiger partial charge in [0, 0.05) is 17.1 Å². The number of hydrogen-bond donors (Lipinski definition) is 1. The highest BCUT2D eigenvalue weighted by molar-refractivity contribution is 7.99. The molecule has 3 rings (SSSR count). The number of benzene rings is 1. The van der Waals surface area contributed by atoms with Crippen molar-refractivity contribution in [2.75, 3.05) is 6.26 Å². The highest BCUT2D eigenvalue weighted by Gasteiger charge is 2.39. The van der Waals surface area contributed by atoms with Gasteiger partial charge in [0.05, 0.1) is 11.1 Å². The van der Waals surface area contributed by atoms with Crippen molar-refractivity contribution in [2.24, 2.45) is 0 Å². The van der Waals surface area contributed by atoms with Crippen LogP contribution < -0.4 is 10.1 Å². The lowest BCUT2D eigenvalue weighted by Crippen LogP contribution is -2.57. The molecule has 0 aliphatic heterocycles. The third kappa shape index (κ3) is 3.62. The van der Waals surface area contributed by atoms with Crippen LogP contribution in [-0.2, 0) is 9.59 Å². The van der Waals surface area contributed by atoms with Gasteiger partial charge in [0.15, 0.2) is 0 Å². The van der Waals surface area contributed by atoms with Gasteiger partial charge in [-0.15, -0.1) is 18.2 Å². The van der Waals surface area contributed by atoms with Gasteiger partial charge < -0.3 is 14.8 Å². The summed E-state index contributed by atoms with van der Waals surface area (Å²) < 4.78 is 5.82. The minimum Gasteiger partial charge on any atom is -0.470 e. The Morgan fingerprint density at radius 1 is 1.48 bits per heavy atom. The van der Waals surface area contributed by atoms with Gasteiger partial charge in [-0.05, 0) is 49.8 Å². The SMILES string of the molecule is C#Cc1cnc2ccc(OC(SC)C(=O)NC3(C=O)CCC3)cc2c1. The number of ether oxygens (including phenoxy) is 1. The topological polar surface area (TPSA) is 68.3 Å². The first kappa shape index (κ1) is 17.3. The van der Waals surface area contributed by atoms with Crippen LogP contribution in [0.5, 0.6) is 5.75 Å². The monoisotopic (exact) mass is 354 g/mol. The predicted molar refractivity (Wildman–Crippen MR) is 98.4 cm³/mol. The third-order valence-corrected chi connectivity index (χ3v) is 5.07. The van der Waals surface area contributed by atoms with Crippen LogP contribution >= 0.6 is 11.8 Å². The number of thioether (sulfide) groups is 1. The van der Waals surface area contributed by atoms with Crippen molar-refractivity contribution in [3.05, 3.63) is 36.0 Å². The predicted octanol–water partition coefficient (Wildman–Crippen LogP) is 2.52. The zero-order chi connectivity index (χ0) is 17.9. The molecule has 1 atom stereocenters. The van der Waals surface area contributed by atoms with Crippen molar-refractivity contribution in [1.82, 2.24) is 10.3 Å². The van der Waals surface area contributed by atoms with Gasteiger partial charge in [-0.1, -0.05) is 5.92 Å². The summed E-state index contributed by atoms with van der Waals surface area (Å²) in [6, 6.07) is 7.23. The van der Waals surface area contributed by atoms with Gasteiger partial charge in [0.2, 0.25) is 5.44 Å². The maximum absolute atomic E-state index is 12.5. The minimum atomic E-state index is -0.737. The molecule has 1 heterocycles. The molecule has 6 heteroatoms. The fraction of sp³-hybridized carbons (Fsp3) is 0.316. The van der Waals surface area contributed by atoms with Crippen LogP contribution in [0.15, 0.2) is 30.5 Å². The molecule has 1 aromatic carbocycles. The Labute approximate surface area is 150 Å². The Kier molecular flexibility index (Phi) is 4.95. The van der Waals surface area contributed by atoms with Crippen molar-refractivity contribution < 1.29 is 14.3 Å². The van der Waals surface area contributed by atoms with E-state index in [4.69, 9.17) is 11.2 Å². The fourth-order valence-electron chi connectivity index (χ4n) is 2.73.